The van der Waals surface area contributed by atoms with Crippen molar-refractivity contribution < 1.29 is 14.3 Å². The Morgan fingerprint density at radius 3 is 2.43 bits per heavy atom. The Kier molecular flexibility index (Phi) is 5.33. The first-order chi connectivity index (χ1) is 10.9. The number of carbonyl (C=O) groups excluding carboxylic acids is 1. The van der Waals surface area contributed by atoms with Crippen LogP contribution >= 0.6 is 22.9 Å². The summed E-state index contributed by atoms with van der Waals surface area (Å²) >= 11 is 7.15. The van der Waals surface area contributed by atoms with Gasteiger partial charge in [-0.1, -0.05) is 22.9 Å². The summed E-state index contributed by atoms with van der Waals surface area (Å²) < 4.78 is 11.8. The van der Waals surface area contributed by atoms with E-state index < -0.39 is 0 Å². The maximum absolute atomic E-state index is 12.3. The van der Waals surface area contributed by atoms with Crippen LogP contribution in [0.4, 0.5) is 5.69 Å². The molecule has 8 heteroatoms. The predicted molar refractivity (Wildman–Crippen MR) is 91.2 cm³/mol. The van der Waals surface area contributed by atoms with Crippen molar-refractivity contribution in [3.63, 3.8) is 0 Å². The van der Waals surface area contributed by atoms with E-state index in [-0.39, 0.29) is 17.3 Å². The number of nitrogens with one attached hydrogen (secondary N) is 1. The molecule has 0 aliphatic heterocycles. The van der Waals surface area contributed by atoms with Gasteiger partial charge in [0.1, 0.15) is 18.0 Å². The Morgan fingerprint density at radius 1 is 1.26 bits per heavy atom. The second-order valence-electron chi connectivity index (χ2n) is 4.83. The molecule has 1 aromatic carbocycles. The van der Waals surface area contributed by atoms with Crippen LogP contribution in [0, 0.1) is 13.8 Å². The van der Waals surface area contributed by atoms with Crippen molar-refractivity contribution in [2.75, 3.05) is 19.5 Å². The third-order valence-corrected chi connectivity index (χ3v) is 4.72. The minimum atomic E-state index is -0.337. The number of aryl methyl sites for hydroxylation is 1. The Morgan fingerprint density at radius 2 is 1.91 bits per heavy atom. The van der Waals surface area contributed by atoms with Crippen LogP contribution in [-0.4, -0.2) is 24.7 Å². The smallest absolute Gasteiger partial charge is 0.308 e. The minimum Gasteiger partial charge on any atom is -0.495 e. The third-order valence-electron chi connectivity index (χ3n) is 3.42. The SMILES string of the molecule is COc1cc(NC(=O)Cn2c(C)c(C)sc2=O)c(OC)cc1Cl. The zero-order valence-corrected chi connectivity index (χ0v) is 14.8. The van der Waals surface area contributed by atoms with Gasteiger partial charge in [0.25, 0.3) is 0 Å². The van der Waals surface area contributed by atoms with Gasteiger partial charge in [-0.05, 0) is 13.8 Å². The number of hydrogen-bond acceptors (Lipinski definition) is 5. The summed E-state index contributed by atoms with van der Waals surface area (Å²) in [5.74, 6) is 0.493. The van der Waals surface area contributed by atoms with Crippen LogP contribution in [0.15, 0.2) is 16.9 Å². The highest BCUT2D eigenvalue weighted by atomic mass is 35.5. The molecule has 23 heavy (non-hydrogen) atoms. The normalized spacial score (nSPS) is 10.5. The summed E-state index contributed by atoms with van der Waals surface area (Å²) in [6.07, 6.45) is 0. The van der Waals surface area contributed by atoms with Crippen molar-refractivity contribution >= 4 is 34.5 Å². The molecule has 0 aliphatic carbocycles. The Labute approximate surface area is 142 Å². The highest BCUT2D eigenvalue weighted by Gasteiger charge is 2.15. The van der Waals surface area contributed by atoms with Crippen molar-refractivity contribution in [3.8, 4) is 11.5 Å². The fourth-order valence-corrected chi connectivity index (χ4v) is 3.12. The van der Waals surface area contributed by atoms with E-state index in [9.17, 15) is 9.59 Å². The zero-order chi connectivity index (χ0) is 17.1. The highest BCUT2D eigenvalue weighted by Crippen LogP contribution is 2.35. The molecule has 0 bridgehead atoms. The molecule has 0 unspecified atom stereocenters. The van der Waals surface area contributed by atoms with E-state index >= 15 is 0 Å². The number of aromatic nitrogens is 1. The molecular weight excluding hydrogens is 340 g/mol. The fraction of sp³-hybridized carbons (Fsp3) is 0.333. The molecule has 1 aromatic heterocycles. The third kappa shape index (κ3) is 3.68. The monoisotopic (exact) mass is 356 g/mol. The molecule has 0 spiro atoms. The number of benzene rings is 1. The number of hydrogen-bond donors (Lipinski definition) is 1. The number of methoxy groups -OCH3 is 2. The van der Waals surface area contributed by atoms with Gasteiger partial charge in [-0.25, -0.2) is 0 Å². The molecule has 2 rings (SSSR count). The molecule has 2 aromatic rings. The summed E-state index contributed by atoms with van der Waals surface area (Å²) in [6.45, 7) is 3.60. The molecule has 0 atom stereocenters. The Bertz CT molecular complexity index is 798. The van der Waals surface area contributed by atoms with Gasteiger partial charge >= 0.3 is 4.87 Å². The van der Waals surface area contributed by atoms with E-state index in [0.717, 1.165) is 21.9 Å². The van der Waals surface area contributed by atoms with E-state index in [1.165, 1.54) is 18.8 Å². The molecule has 0 fully saturated rings. The van der Waals surface area contributed by atoms with E-state index in [1.807, 2.05) is 13.8 Å². The number of halogens is 1. The first-order valence-electron chi connectivity index (χ1n) is 6.75. The van der Waals surface area contributed by atoms with E-state index in [2.05, 4.69) is 5.32 Å². The first kappa shape index (κ1) is 17.4. The standard InChI is InChI=1S/C15H17ClN2O4S/c1-8-9(2)23-15(20)18(8)7-14(19)17-11-6-12(21-3)10(16)5-13(11)22-4/h5-6H,7H2,1-4H3,(H,17,19). The van der Waals surface area contributed by atoms with Gasteiger partial charge in [0, 0.05) is 22.7 Å². The molecule has 0 saturated carbocycles. The molecule has 1 N–H and O–H groups in total. The lowest BCUT2D eigenvalue weighted by Gasteiger charge is -2.13. The van der Waals surface area contributed by atoms with Gasteiger partial charge in [-0.3, -0.25) is 14.2 Å². The molecule has 6 nitrogen and oxygen atoms in total. The molecule has 0 radical (unpaired) electrons. The number of nitrogens with zero attached hydrogens (tertiary/aromatic N) is 1. The maximum Gasteiger partial charge on any atom is 0.308 e. The summed E-state index contributed by atoms with van der Waals surface area (Å²) in [5, 5.41) is 3.10. The molecule has 1 heterocycles. The second kappa shape index (κ2) is 7.06. The first-order valence-corrected chi connectivity index (χ1v) is 7.95. The van der Waals surface area contributed by atoms with Crippen molar-refractivity contribution in [2.45, 2.75) is 20.4 Å². The number of thiazole rings is 1. The van der Waals surface area contributed by atoms with E-state index in [1.54, 1.807) is 12.1 Å². The second-order valence-corrected chi connectivity index (χ2v) is 6.40. The number of ether oxygens (including phenoxy) is 2. The highest BCUT2D eigenvalue weighted by molar-refractivity contribution is 7.09. The summed E-state index contributed by atoms with van der Waals surface area (Å²) in [7, 11) is 2.96. The molecule has 1 amide bonds. The van der Waals surface area contributed by atoms with Crippen LogP contribution in [0.1, 0.15) is 10.6 Å². The van der Waals surface area contributed by atoms with E-state index in [4.69, 9.17) is 21.1 Å². The number of carbonyl (C=O) groups is 1. The Hall–Kier alpha value is -1.99. The predicted octanol–water partition coefficient (Wildman–Crippen LogP) is 2.84. The topological polar surface area (TPSA) is 69.6 Å². The largest absolute Gasteiger partial charge is 0.495 e. The number of anilines is 1. The van der Waals surface area contributed by atoms with Crippen LogP contribution in [0.5, 0.6) is 11.5 Å². The van der Waals surface area contributed by atoms with Crippen LogP contribution in [0.2, 0.25) is 5.02 Å². The van der Waals surface area contributed by atoms with Crippen LogP contribution in [0.25, 0.3) is 0 Å². The summed E-state index contributed by atoms with van der Waals surface area (Å²) in [5.41, 5.74) is 1.22. The van der Waals surface area contributed by atoms with Gasteiger partial charge in [0.15, 0.2) is 0 Å². The fourth-order valence-electron chi connectivity index (χ4n) is 2.06. The van der Waals surface area contributed by atoms with Crippen molar-refractivity contribution in [1.29, 1.82) is 0 Å². The average Bonchev–Trinajstić information content (AvgIpc) is 2.75. The number of amides is 1. The van der Waals surface area contributed by atoms with Gasteiger partial charge < -0.3 is 14.8 Å². The van der Waals surface area contributed by atoms with Gasteiger partial charge in [-0.15, -0.1) is 0 Å². The van der Waals surface area contributed by atoms with Gasteiger partial charge in [0.2, 0.25) is 5.91 Å². The van der Waals surface area contributed by atoms with Crippen LogP contribution in [0.3, 0.4) is 0 Å². The van der Waals surface area contributed by atoms with Crippen molar-refractivity contribution in [1.82, 2.24) is 4.57 Å². The van der Waals surface area contributed by atoms with Crippen molar-refractivity contribution in [3.05, 3.63) is 37.4 Å². The molecule has 0 saturated heterocycles. The van der Waals surface area contributed by atoms with Crippen LogP contribution < -0.4 is 19.7 Å². The van der Waals surface area contributed by atoms with Crippen LogP contribution in [-0.2, 0) is 11.3 Å². The molecule has 0 aliphatic rings. The average molecular weight is 357 g/mol. The zero-order valence-electron chi connectivity index (χ0n) is 13.2. The minimum absolute atomic E-state index is 0.0664. The lowest BCUT2D eigenvalue weighted by atomic mass is 10.2. The number of rotatable bonds is 5. The molecule has 124 valence electrons. The summed E-state index contributed by atoms with van der Waals surface area (Å²) in [6, 6.07) is 3.13. The lowest BCUT2D eigenvalue weighted by molar-refractivity contribution is -0.116. The Balaban J connectivity index is 2.25. The van der Waals surface area contributed by atoms with Gasteiger partial charge in [-0.2, -0.15) is 0 Å². The lowest BCUT2D eigenvalue weighted by Crippen LogP contribution is -2.25. The quantitative estimate of drug-likeness (QED) is 0.894. The van der Waals surface area contributed by atoms with Crippen molar-refractivity contribution in [2.24, 2.45) is 0 Å². The van der Waals surface area contributed by atoms with E-state index in [0.29, 0.717) is 22.2 Å². The van der Waals surface area contributed by atoms with Gasteiger partial charge in [0.05, 0.1) is 24.9 Å². The maximum atomic E-state index is 12.3. The summed E-state index contributed by atoms with van der Waals surface area (Å²) in [4.78, 5) is 24.8. The molecular formula is C15H17ClN2O4S.